The van der Waals surface area contributed by atoms with Crippen molar-refractivity contribution < 1.29 is 19.1 Å². The van der Waals surface area contributed by atoms with E-state index in [2.05, 4.69) is 24.5 Å². The van der Waals surface area contributed by atoms with E-state index in [0.717, 1.165) is 55.2 Å². The number of unbranched alkanes of at least 4 members (excludes halogenated alkanes) is 4. The van der Waals surface area contributed by atoms with Crippen molar-refractivity contribution in [3.05, 3.63) is 34.9 Å². The van der Waals surface area contributed by atoms with E-state index in [-0.39, 0.29) is 17.7 Å². The number of rotatable bonds is 14. The standard InChI is InChI=1S/C30H51N3O4/c1-10-12-14-18-31-27(34)26(24-17-16-22(5)23(6)20-24)33(19-15-13-11-2)28(35)25(21(3)4)32-29(36)37-30(7,8)9/h16-17,20-21,25-26H,10-15,18-19H2,1-9H3,(H,31,34)(H,32,36). The zero-order valence-electron chi connectivity index (χ0n) is 24.7. The van der Waals surface area contributed by atoms with Gasteiger partial charge < -0.3 is 20.3 Å². The fraction of sp³-hybridized carbons (Fsp3) is 0.700. The fourth-order valence-corrected chi connectivity index (χ4v) is 4.12. The molecule has 1 aromatic rings. The van der Waals surface area contributed by atoms with Gasteiger partial charge in [0, 0.05) is 13.1 Å². The third-order valence-electron chi connectivity index (χ3n) is 6.38. The number of hydrogen-bond donors (Lipinski definition) is 2. The van der Waals surface area contributed by atoms with Gasteiger partial charge in [-0.25, -0.2) is 4.79 Å². The summed E-state index contributed by atoms with van der Waals surface area (Å²) >= 11 is 0. The van der Waals surface area contributed by atoms with E-state index >= 15 is 0 Å². The Hall–Kier alpha value is -2.57. The van der Waals surface area contributed by atoms with E-state index in [9.17, 15) is 14.4 Å². The molecule has 0 aromatic heterocycles. The molecule has 7 nitrogen and oxygen atoms in total. The summed E-state index contributed by atoms with van der Waals surface area (Å²) in [6, 6.07) is 4.32. The van der Waals surface area contributed by atoms with Crippen LogP contribution in [0.5, 0.6) is 0 Å². The van der Waals surface area contributed by atoms with Crippen LogP contribution in [0.4, 0.5) is 4.79 Å². The molecule has 0 aliphatic rings. The first kappa shape index (κ1) is 32.5. The van der Waals surface area contributed by atoms with E-state index in [4.69, 9.17) is 4.74 Å². The lowest BCUT2D eigenvalue weighted by Crippen LogP contribution is -2.55. The molecule has 0 bridgehead atoms. The van der Waals surface area contributed by atoms with Crippen molar-refractivity contribution in [2.75, 3.05) is 13.1 Å². The molecule has 3 amide bonds. The molecule has 2 atom stereocenters. The number of carbonyl (C=O) groups is 3. The molecule has 7 heteroatoms. The van der Waals surface area contributed by atoms with Gasteiger partial charge in [-0.2, -0.15) is 0 Å². The van der Waals surface area contributed by atoms with Gasteiger partial charge in [-0.05, 0) is 70.1 Å². The van der Waals surface area contributed by atoms with Crippen LogP contribution in [-0.2, 0) is 14.3 Å². The van der Waals surface area contributed by atoms with Gasteiger partial charge >= 0.3 is 6.09 Å². The zero-order chi connectivity index (χ0) is 28.2. The van der Waals surface area contributed by atoms with Gasteiger partial charge in [-0.3, -0.25) is 9.59 Å². The molecular formula is C30H51N3O4. The van der Waals surface area contributed by atoms with Crippen LogP contribution in [0.25, 0.3) is 0 Å². The normalized spacial score (nSPS) is 13.1. The number of nitrogens with one attached hydrogen (secondary N) is 2. The Morgan fingerprint density at radius 2 is 1.57 bits per heavy atom. The quantitative estimate of drug-likeness (QED) is 0.287. The Bertz CT molecular complexity index is 876. The molecule has 0 fully saturated rings. The van der Waals surface area contributed by atoms with Crippen LogP contribution >= 0.6 is 0 Å². The molecule has 0 aliphatic carbocycles. The summed E-state index contributed by atoms with van der Waals surface area (Å²) in [6.45, 7) is 18.4. The number of benzene rings is 1. The minimum Gasteiger partial charge on any atom is -0.444 e. The molecule has 2 unspecified atom stereocenters. The van der Waals surface area contributed by atoms with Gasteiger partial charge in [0.2, 0.25) is 11.8 Å². The molecule has 210 valence electrons. The predicted molar refractivity (Wildman–Crippen MR) is 150 cm³/mol. The molecule has 0 aliphatic heterocycles. The van der Waals surface area contributed by atoms with Crippen molar-refractivity contribution in [1.82, 2.24) is 15.5 Å². The van der Waals surface area contributed by atoms with Crippen molar-refractivity contribution >= 4 is 17.9 Å². The van der Waals surface area contributed by atoms with Crippen molar-refractivity contribution in [2.45, 2.75) is 119 Å². The van der Waals surface area contributed by atoms with Gasteiger partial charge in [0.15, 0.2) is 0 Å². The smallest absolute Gasteiger partial charge is 0.408 e. The van der Waals surface area contributed by atoms with Crippen LogP contribution in [0.1, 0.15) is 110 Å². The number of ether oxygens (including phenoxy) is 1. The Morgan fingerprint density at radius 1 is 0.946 bits per heavy atom. The minimum absolute atomic E-state index is 0.191. The first-order valence-electron chi connectivity index (χ1n) is 14.0. The summed E-state index contributed by atoms with van der Waals surface area (Å²) in [5.41, 5.74) is 2.28. The van der Waals surface area contributed by atoms with Crippen LogP contribution in [0.15, 0.2) is 18.2 Å². The number of carbonyl (C=O) groups excluding carboxylic acids is 3. The first-order chi connectivity index (χ1) is 17.3. The summed E-state index contributed by atoms with van der Waals surface area (Å²) in [5.74, 6) is -0.658. The molecule has 37 heavy (non-hydrogen) atoms. The average molecular weight is 518 g/mol. The highest BCUT2D eigenvalue weighted by atomic mass is 16.6. The zero-order valence-corrected chi connectivity index (χ0v) is 24.7. The number of aryl methyl sites for hydroxylation is 2. The molecule has 0 spiro atoms. The Morgan fingerprint density at radius 3 is 2.11 bits per heavy atom. The summed E-state index contributed by atoms with van der Waals surface area (Å²) in [5, 5.41) is 5.86. The first-order valence-corrected chi connectivity index (χ1v) is 14.0. The van der Waals surface area contributed by atoms with E-state index in [1.165, 1.54) is 0 Å². The highest BCUT2D eigenvalue weighted by Gasteiger charge is 2.37. The second-order valence-corrected chi connectivity index (χ2v) is 11.4. The molecule has 1 rings (SSSR count). The third-order valence-corrected chi connectivity index (χ3v) is 6.38. The molecule has 0 radical (unpaired) electrons. The van der Waals surface area contributed by atoms with Gasteiger partial charge in [0.1, 0.15) is 17.7 Å². The molecule has 1 aromatic carbocycles. The van der Waals surface area contributed by atoms with E-state index in [1.807, 2.05) is 45.9 Å². The largest absolute Gasteiger partial charge is 0.444 e. The van der Waals surface area contributed by atoms with Gasteiger partial charge in [-0.1, -0.05) is 71.6 Å². The lowest BCUT2D eigenvalue weighted by atomic mass is 9.96. The maximum absolute atomic E-state index is 14.1. The van der Waals surface area contributed by atoms with Crippen molar-refractivity contribution in [3.63, 3.8) is 0 Å². The van der Waals surface area contributed by atoms with E-state index < -0.39 is 23.8 Å². The Labute approximate surface area is 225 Å². The van der Waals surface area contributed by atoms with E-state index in [1.54, 1.807) is 25.7 Å². The van der Waals surface area contributed by atoms with Gasteiger partial charge in [0.05, 0.1) is 0 Å². The Balaban J connectivity index is 3.44. The van der Waals surface area contributed by atoms with Crippen molar-refractivity contribution in [2.24, 2.45) is 5.92 Å². The summed E-state index contributed by atoms with van der Waals surface area (Å²) in [6.07, 6.45) is 5.04. The van der Waals surface area contributed by atoms with Crippen LogP contribution in [0.3, 0.4) is 0 Å². The van der Waals surface area contributed by atoms with Crippen molar-refractivity contribution in [3.8, 4) is 0 Å². The highest BCUT2D eigenvalue weighted by molar-refractivity contribution is 5.92. The fourth-order valence-electron chi connectivity index (χ4n) is 4.12. The van der Waals surface area contributed by atoms with Gasteiger partial charge in [0.25, 0.3) is 0 Å². The summed E-state index contributed by atoms with van der Waals surface area (Å²) < 4.78 is 5.44. The van der Waals surface area contributed by atoms with Crippen LogP contribution in [0.2, 0.25) is 0 Å². The monoisotopic (exact) mass is 517 g/mol. The number of nitrogens with zero attached hydrogens (tertiary/aromatic N) is 1. The molecule has 0 saturated carbocycles. The maximum atomic E-state index is 14.1. The second kappa shape index (κ2) is 15.6. The average Bonchev–Trinajstić information content (AvgIpc) is 2.80. The number of amides is 3. The number of hydrogen-bond acceptors (Lipinski definition) is 4. The Kier molecular flexibility index (Phi) is 13.7. The van der Waals surface area contributed by atoms with E-state index in [0.29, 0.717) is 13.1 Å². The van der Waals surface area contributed by atoms with Crippen molar-refractivity contribution in [1.29, 1.82) is 0 Å². The number of alkyl carbamates (subject to hydrolysis) is 1. The lowest BCUT2D eigenvalue weighted by molar-refractivity contribution is -0.143. The molecule has 0 heterocycles. The summed E-state index contributed by atoms with van der Waals surface area (Å²) in [4.78, 5) is 42.1. The summed E-state index contributed by atoms with van der Waals surface area (Å²) in [7, 11) is 0. The maximum Gasteiger partial charge on any atom is 0.408 e. The molecular weight excluding hydrogens is 466 g/mol. The van der Waals surface area contributed by atoms with Gasteiger partial charge in [-0.15, -0.1) is 0 Å². The lowest BCUT2D eigenvalue weighted by Gasteiger charge is -2.36. The van der Waals surface area contributed by atoms with Crippen LogP contribution < -0.4 is 10.6 Å². The predicted octanol–water partition coefficient (Wildman–Crippen LogP) is 6.22. The minimum atomic E-state index is -0.821. The third kappa shape index (κ3) is 11.1. The van der Waals surface area contributed by atoms with Crippen LogP contribution in [-0.4, -0.2) is 47.5 Å². The topological polar surface area (TPSA) is 87.7 Å². The van der Waals surface area contributed by atoms with Crippen LogP contribution in [0, 0.1) is 19.8 Å². The molecule has 2 N–H and O–H groups in total. The SMILES string of the molecule is CCCCCNC(=O)C(c1ccc(C)c(C)c1)N(CCCCC)C(=O)C(NC(=O)OC(C)(C)C)C(C)C. The molecule has 0 saturated heterocycles. The second-order valence-electron chi connectivity index (χ2n) is 11.4. The highest BCUT2D eigenvalue weighted by Crippen LogP contribution is 2.26.